The lowest BCUT2D eigenvalue weighted by atomic mass is 9.92. The van der Waals surface area contributed by atoms with E-state index in [1.54, 1.807) is 17.1 Å². The molecular formula is C23H25FN4O. The van der Waals surface area contributed by atoms with Gasteiger partial charge in [-0.25, -0.2) is 4.39 Å². The number of pyridine rings is 1. The van der Waals surface area contributed by atoms with E-state index in [4.69, 9.17) is 4.98 Å². The highest BCUT2D eigenvalue weighted by Crippen LogP contribution is 2.28. The van der Waals surface area contributed by atoms with Gasteiger partial charge in [-0.3, -0.25) is 14.5 Å². The van der Waals surface area contributed by atoms with E-state index < -0.39 is 0 Å². The molecule has 2 aromatic heterocycles. The molecule has 6 heteroatoms. The minimum atomic E-state index is -0.221. The molecule has 1 aliphatic heterocycles. The van der Waals surface area contributed by atoms with Crippen LogP contribution in [-0.2, 0) is 13.5 Å². The minimum Gasteiger partial charge on any atom is -0.338 e. The molecule has 0 radical (unpaired) electrons. The van der Waals surface area contributed by atoms with Crippen molar-refractivity contribution in [1.29, 1.82) is 0 Å². The Morgan fingerprint density at radius 3 is 2.72 bits per heavy atom. The van der Waals surface area contributed by atoms with Gasteiger partial charge in [0.2, 0.25) is 0 Å². The molecule has 4 rings (SSSR count). The Kier molecular flexibility index (Phi) is 5.43. The topological polar surface area (TPSA) is 51.0 Å². The summed E-state index contributed by atoms with van der Waals surface area (Å²) in [6.07, 6.45) is 6.10. The van der Waals surface area contributed by atoms with Crippen LogP contribution in [0.15, 0.2) is 48.8 Å². The van der Waals surface area contributed by atoms with Crippen molar-refractivity contribution in [2.45, 2.75) is 32.1 Å². The number of benzene rings is 1. The second-order valence-corrected chi connectivity index (χ2v) is 7.84. The molecule has 29 heavy (non-hydrogen) atoms. The van der Waals surface area contributed by atoms with Crippen LogP contribution >= 0.6 is 0 Å². The van der Waals surface area contributed by atoms with Crippen LogP contribution in [0.5, 0.6) is 0 Å². The summed E-state index contributed by atoms with van der Waals surface area (Å²) in [4.78, 5) is 19.5. The van der Waals surface area contributed by atoms with Gasteiger partial charge >= 0.3 is 0 Å². The van der Waals surface area contributed by atoms with Gasteiger partial charge in [0, 0.05) is 43.6 Å². The average Bonchev–Trinajstić information content (AvgIpc) is 3.15. The monoisotopic (exact) mass is 392 g/mol. The summed E-state index contributed by atoms with van der Waals surface area (Å²) in [5, 5.41) is 4.11. The molecule has 1 fully saturated rings. The first kappa shape index (κ1) is 19.3. The first-order valence-electron chi connectivity index (χ1n) is 9.98. The van der Waals surface area contributed by atoms with Gasteiger partial charge in [-0.1, -0.05) is 12.1 Å². The second kappa shape index (κ2) is 8.15. The molecule has 1 atom stereocenters. The number of likely N-dealkylation sites (tertiary alicyclic amines) is 1. The van der Waals surface area contributed by atoms with E-state index >= 15 is 0 Å². The molecule has 0 N–H and O–H groups in total. The van der Waals surface area contributed by atoms with Gasteiger partial charge in [0.25, 0.3) is 5.91 Å². The number of hydrogen-bond acceptors (Lipinski definition) is 3. The van der Waals surface area contributed by atoms with Crippen molar-refractivity contribution in [3.05, 3.63) is 82.7 Å². The molecule has 3 heterocycles. The first-order chi connectivity index (χ1) is 14.0. The maximum absolute atomic E-state index is 13.2. The third-order valence-corrected chi connectivity index (χ3v) is 5.43. The van der Waals surface area contributed by atoms with Gasteiger partial charge in [0.15, 0.2) is 0 Å². The van der Waals surface area contributed by atoms with E-state index in [-0.39, 0.29) is 17.6 Å². The summed E-state index contributed by atoms with van der Waals surface area (Å²) in [7, 11) is 1.81. The van der Waals surface area contributed by atoms with Crippen LogP contribution in [0.3, 0.4) is 0 Å². The molecule has 1 aliphatic rings. The summed E-state index contributed by atoms with van der Waals surface area (Å²) in [6.45, 7) is 3.43. The second-order valence-electron chi connectivity index (χ2n) is 7.84. The molecule has 3 aromatic rings. The van der Waals surface area contributed by atoms with Crippen molar-refractivity contribution >= 4 is 5.91 Å². The number of carbonyl (C=O) groups is 1. The van der Waals surface area contributed by atoms with Gasteiger partial charge in [0.1, 0.15) is 5.82 Å². The van der Waals surface area contributed by atoms with Crippen molar-refractivity contribution < 1.29 is 9.18 Å². The van der Waals surface area contributed by atoms with Gasteiger partial charge in [-0.15, -0.1) is 0 Å². The van der Waals surface area contributed by atoms with E-state index in [0.717, 1.165) is 48.3 Å². The van der Waals surface area contributed by atoms with E-state index in [2.05, 4.69) is 17.2 Å². The van der Waals surface area contributed by atoms with Crippen LogP contribution < -0.4 is 0 Å². The van der Waals surface area contributed by atoms with Crippen LogP contribution in [0.25, 0.3) is 0 Å². The van der Waals surface area contributed by atoms with Gasteiger partial charge < -0.3 is 4.90 Å². The Labute approximate surface area is 170 Å². The Balaban J connectivity index is 1.52. The molecular weight excluding hydrogens is 367 g/mol. The van der Waals surface area contributed by atoms with Crippen molar-refractivity contribution in [3.8, 4) is 0 Å². The first-order valence-corrected chi connectivity index (χ1v) is 9.98. The number of aromatic nitrogens is 3. The van der Waals surface area contributed by atoms with E-state index in [1.165, 1.54) is 12.1 Å². The average molecular weight is 392 g/mol. The fourth-order valence-corrected chi connectivity index (χ4v) is 4.03. The van der Waals surface area contributed by atoms with Gasteiger partial charge in [-0.05, 0) is 61.6 Å². The summed E-state index contributed by atoms with van der Waals surface area (Å²) in [5.41, 5.74) is 4.86. The van der Waals surface area contributed by atoms with Crippen LogP contribution in [0.1, 0.15) is 51.6 Å². The van der Waals surface area contributed by atoms with Gasteiger partial charge in [0.05, 0.1) is 11.8 Å². The summed E-state index contributed by atoms with van der Waals surface area (Å²) < 4.78 is 14.8. The van der Waals surface area contributed by atoms with Crippen molar-refractivity contribution in [2.75, 3.05) is 13.1 Å². The van der Waals surface area contributed by atoms with Crippen molar-refractivity contribution in [2.24, 2.45) is 7.05 Å². The number of aryl methyl sites for hydroxylation is 2. The van der Waals surface area contributed by atoms with Crippen molar-refractivity contribution in [1.82, 2.24) is 19.7 Å². The van der Waals surface area contributed by atoms with Crippen LogP contribution in [0.4, 0.5) is 4.39 Å². The molecule has 0 spiro atoms. The molecule has 1 aromatic carbocycles. The maximum atomic E-state index is 13.2. The van der Waals surface area contributed by atoms with Crippen molar-refractivity contribution in [3.63, 3.8) is 0 Å². The summed E-state index contributed by atoms with van der Waals surface area (Å²) in [5.74, 6) is 0.0270. The van der Waals surface area contributed by atoms with Crippen LogP contribution in [0.2, 0.25) is 0 Å². The van der Waals surface area contributed by atoms with Crippen LogP contribution in [-0.4, -0.2) is 38.7 Å². The highest BCUT2D eigenvalue weighted by Gasteiger charge is 2.27. The quantitative estimate of drug-likeness (QED) is 0.677. The number of halogens is 1. The number of hydrogen-bond donors (Lipinski definition) is 0. The molecule has 1 unspecified atom stereocenters. The zero-order chi connectivity index (χ0) is 20.4. The molecule has 5 nitrogen and oxygen atoms in total. The fourth-order valence-electron chi connectivity index (χ4n) is 4.03. The SMILES string of the molecule is Cc1cc(Cc2ccc(F)cc2)cc(C2CCCN(C(=O)c3cnn(C)c3)C2)n1. The third-order valence-electron chi connectivity index (χ3n) is 5.43. The fraction of sp³-hybridized carbons (Fsp3) is 0.348. The van der Waals surface area contributed by atoms with E-state index in [0.29, 0.717) is 12.1 Å². The number of nitrogens with zero attached hydrogens (tertiary/aromatic N) is 4. The molecule has 1 saturated heterocycles. The van der Waals surface area contributed by atoms with E-state index in [9.17, 15) is 9.18 Å². The Morgan fingerprint density at radius 1 is 1.21 bits per heavy atom. The van der Waals surface area contributed by atoms with E-state index in [1.807, 2.05) is 31.0 Å². The predicted octanol–water partition coefficient (Wildman–Crippen LogP) is 3.87. The lowest BCUT2D eigenvalue weighted by molar-refractivity contribution is 0.0706. The molecule has 0 bridgehead atoms. The molecule has 150 valence electrons. The maximum Gasteiger partial charge on any atom is 0.257 e. The molecule has 0 saturated carbocycles. The minimum absolute atomic E-state index is 0.0296. The smallest absolute Gasteiger partial charge is 0.257 e. The third kappa shape index (κ3) is 4.53. The highest BCUT2D eigenvalue weighted by atomic mass is 19.1. The molecule has 0 aliphatic carbocycles. The normalized spacial score (nSPS) is 16.8. The predicted molar refractivity (Wildman–Crippen MR) is 109 cm³/mol. The largest absolute Gasteiger partial charge is 0.338 e. The Bertz CT molecular complexity index is 1010. The number of carbonyl (C=O) groups excluding carboxylic acids is 1. The lowest BCUT2D eigenvalue weighted by Crippen LogP contribution is -2.39. The summed E-state index contributed by atoms with van der Waals surface area (Å²) in [6, 6.07) is 10.8. The zero-order valence-corrected chi connectivity index (χ0v) is 16.8. The Morgan fingerprint density at radius 2 is 2.00 bits per heavy atom. The Hall–Kier alpha value is -3.02. The molecule has 1 amide bonds. The highest BCUT2D eigenvalue weighted by molar-refractivity contribution is 5.93. The summed E-state index contributed by atoms with van der Waals surface area (Å²) >= 11 is 0. The zero-order valence-electron chi connectivity index (χ0n) is 16.8. The number of piperidine rings is 1. The van der Waals surface area contributed by atoms with Gasteiger partial charge in [-0.2, -0.15) is 5.10 Å². The number of amides is 1. The lowest BCUT2D eigenvalue weighted by Gasteiger charge is -2.32. The van der Waals surface area contributed by atoms with Crippen LogP contribution in [0, 0.1) is 12.7 Å². The number of rotatable bonds is 4. The standard InChI is InChI=1S/C23H25FN4O/c1-16-10-18(11-17-5-7-21(24)8-6-17)12-22(26-16)19-4-3-9-28(15-19)23(29)20-13-25-27(2)14-20/h5-8,10,12-14,19H,3-4,9,11,15H2,1-2H3.